The van der Waals surface area contributed by atoms with Gasteiger partial charge in [-0.2, -0.15) is 13.2 Å². The molecule has 0 aromatic heterocycles. The molecule has 1 aliphatic heterocycles. The maximum absolute atomic E-state index is 12.9. The van der Waals surface area contributed by atoms with Gasteiger partial charge in [-0.25, -0.2) is 0 Å². The SMILES string of the molecule is [B]c1ccccc1[C@H](C)N=C1NC(=O)C(C)(C(F)(F)F)S1. The van der Waals surface area contributed by atoms with Crippen LogP contribution in [0.25, 0.3) is 0 Å². The van der Waals surface area contributed by atoms with Crippen molar-refractivity contribution in [1.82, 2.24) is 5.32 Å². The lowest BCUT2D eigenvalue weighted by Crippen LogP contribution is -2.46. The van der Waals surface area contributed by atoms with E-state index in [-0.39, 0.29) is 5.17 Å². The summed E-state index contributed by atoms with van der Waals surface area (Å²) < 4.78 is 36.3. The third-order valence-electron chi connectivity index (χ3n) is 3.25. The summed E-state index contributed by atoms with van der Waals surface area (Å²) in [6, 6.07) is 6.50. The standard InChI is InChI=1S/C13H12BF3N2OS/c1-7(8-5-3-4-6-9(8)14)18-11-19-10(20)12(2,21-11)13(15,16)17/h3-7H,1-2H3,(H,18,19,20)/t7-,12?/m0/s1. The molecular formula is C13H12BF3N2OS. The molecule has 1 amide bonds. The maximum Gasteiger partial charge on any atom is 0.412 e. The number of amides is 1. The van der Waals surface area contributed by atoms with Gasteiger partial charge < -0.3 is 5.32 Å². The fourth-order valence-corrected chi connectivity index (χ4v) is 2.86. The normalized spacial score (nSPS) is 26.0. The van der Waals surface area contributed by atoms with E-state index in [4.69, 9.17) is 7.85 Å². The first-order valence-corrected chi connectivity index (χ1v) is 6.96. The van der Waals surface area contributed by atoms with Crippen molar-refractivity contribution < 1.29 is 18.0 Å². The zero-order chi connectivity index (χ0) is 15.8. The summed E-state index contributed by atoms with van der Waals surface area (Å²) in [7, 11) is 5.80. The molecule has 8 heteroatoms. The third-order valence-corrected chi connectivity index (χ3v) is 4.48. The molecule has 1 aromatic rings. The second kappa shape index (κ2) is 5.40. The van der Waals surface area contributed by atoms with E-state index in [1.165, 1.54) is 0 Å². The van der Waals surface area contributed by atoms with Crippen LogP contribution in [0.2, 0.25) is 0 Å². The highest BCUT2D eigenvalue weighted by Crippen LogP contribution is 2.45. The Hall–Kier alpha value is -1.44. The molecule has 0 bridgehead atoms. The molecule has 2 radical (unpaired) electrons. The first kappa shape index (κ1) is 15.9. The predicted molar refractivity (Wildman–Crippen MR) is 77.9 cm³/mol. The van der Waals surface area contributed by atoms with Crippen LogP contribution in [0.15, 0.2) is 29.3 Å². The largest absolute Gasteiger partial charge is 0.412 e. The lowest BCUT2D eigenvalue weighted by atomic mass is 9.88. The first-order chi connectivity index (χ1) is 9.65. The van der Waals surface area contributed by atoms with Crippen molar-refractivity contribution in [2.75, 3.05) is 0 Å². The van der Waals surface area contributed by atoms with E-state index in [1.807, 2.05) is 0 Å². The summed E-state index contributed by atoms with van der Waals surface area (Å²) >= 11 is 0.380. The molecule has 1 aliphatic rings. The second-order valence-corrected chi connectivity index (χ2v) is 6.23. The molecule has 0 spiro atoms. The van der Waals surface area contributed by atoms with Crippen molar-refractivity contribution in [2.45, 2.75) is 30.8 Å². The van der Waals surface area contributed by atoms with Gasteiger partial charge in [0.2, 0.25) is 0 Å². The van der Waals surface area contributed by atoms with Crippen LogP contribution in [0.1, 0.15) is 25.5 Å². The zero-order valence-corrected chi connectivity index (χ0v) is 12.2. The number of hydrogen-bond acceptors (Lipinski definition) is 3. The summed E-state index contributed by atoms with van der Waals surface area (Å²) in [5.74, 6) is -1.10. The Balaban J connectivity index is 2.25. The van der Waals surface area contributed by atoms with Gasteiger partial charge in [-0.3, -0.25) is 9.79 Å². The molecule has 0 saturated carbocycles. The monoisotopic (exact) mass is 312 g/mol. The van der Waals surface area contributed by atoms with Gasteiger partial charge in [0, 0.05) is 0 Å². The van der Waals surface area contributed by atoms with E-state index in [2.05, 4.69) is 10.3 Å². The molecule has 1 heterocycles. The van der Waals surface area contributed by atoms with E-state index >= 15 is 0 Å². The fourth-order valence-electron chi connectivity index (χ4n) is 1.86. The number of halogens is 3. The Kier molecular flexibility index (Phi) is 4.10. The van der Waals surface area contributed by atoms with Gasteiger partial charge >= 0.3 is 6.18 Å². The van der Waals surface area contributed by atoms with Crippen LogP contribution >= 0.6 is 11.8 Å². The number of benzene rings is 1. The van der Waals surface area contributed by atoms with E-state index in [0.29, 0.717) is 22.8 Å². The summed E-state index contributed by atoms with van der Waals surface area (Å²) in [6.45, 7) is 2.55. The summed E-state index contributed by atoms with van der Waals surface area (Å²) in [4.78, 5) is 15.7. The van der Waals surface area contributed by atoms with Crippen molar-refractivity contribution in [2.24, 2.45) is 4.99 Å². The highest BCUT2D eigenvalue weighted by molar-refractivity contribution is 8.16. The van der Waals surface area contributed by atoms with Crippen LogP contribution in [-0.2, 0) is 4.79 Å². The summed E-state index contributed by atoms with van der Waals surface area (Å²) in [5, 5.41) is 2.14. The Bertz CT molecular complexity index is 605. The Morgan fingerprint density at radius 2 is 2.00 bits per heavy atom. The minimum Gasteiger partial charge on any atom is -0.304 e. The molecule has 110 valence electrons. The minimum absolute atomic E-state index is 0.0458. The van der Waals surface area contributed by atoms with Gasteiger partial charge in [0.05, 0.1) is 6.04 Å². The number of rotatable bonds is 2. The lowest BCUT2D eigenvalue weighted by molar-refractivity contribution is -0.166. The van der Waals surface area contributed by atoms with Gasteiger partial charge in [0.25, 0.3) is 5.91 Å². The number of alkyl halides is 3. The lowest BCUT2D eigenvalue weighted by Gasteiger charge is -2.21. The van der Waals surface area contributed by atoms with Crippen molar-refractivity contribution in [3.8, 4) is 0 Å². The van der Waals surface area contributed by atoms with Crippen LogP contribution in [0.5, 0.6) is 0 Å². The van der Waals surface area contributed by atoms with E-state index in [0.717, 1.165) is 6.92 Å². The molecule has 1 aromatic carbocycles. The van der Waals surface area contributed by atoms with Crippen LogP contribution in [0.4, 0.5) is 13.2 Å². The Morgan fingerprint density at radius 3 is 2.52 bits per heavy atom. The smallest absolute Gasteiger partial charge is 0.304 e. The zero-order valence-electron chi connectivity index (χ0n) is 11.4. The molecule has 1 N–H and O–H groups in total. The molecule has 0 aliphatic carbocycles. The van der Waals surface area contributed by atoms with Gasteiger partial charge in [-0.15, -0.1) is 0 Å². The number of nitrogens with zero attached hydrogens (tertiary/aromatic N) is 1. The number of carbonyl (C=O) groups excluding carboxylic acids is 1. The topological polar surface area (TPSA) is 41.5 Å². The van der Waals surface area contributed by atoms with Crippen molar-refractivity contribution in [1.29, 1.82) is 0 Å². The highest BCUT2D eigenvalue weighted by atomic mass is 32.2. The average molecular weight is 312 g/mol. The number of aliphatic imine (C=N–C) groups is 1. The highest BCUT2D eigenvalue weighted by Gasteiger charge is 2.61. The van der Waals surface area contributed by atoms with Crippen LogP contribution in [-0.4, -0.2) is 29.8 Å². The van der Waals surface area contributed by atoms with Crippen LogP contribution in [0, 0.1) is 0 Å². The van der Waals surface area contributed by atoms with Gasteiger partial charge in [0.1, 0.15) is 7.85 Å². The van der Waals surface area contributed by atoms with E-state index in [1.54, 1.807) is 31.2 Å². The number of carbonyl (C=O) groups is 1. The molecule has 1 fully saturated rings. The maximum atomic E-state index is 12.9. The van der Waals surface area contributed by atoms with E-state index < -0.39 is 22.9 Å². The van der Waals surface area contributed by atoms with E-state index in [9.17, 15) is 18.0 Å². The average Bonchev–Trinajstić information content (AvgIpc) is 2.65. The van der Waals surface area contributed by atoms with Crippen molar-refractivity contribution in [3.63, 3.8) is 0 Å². The number of amidine groups is 1. The first-order valence-electron chi connectivity index (χ1n) is 6.14. The van der Waals surface area contributed by atoms with Gasteiger partial charge in [-0.1, -0.05) is 41.5 Å². The molecular weight excluding hydrogens is 300 g/mol. The van der Waals surface area contributed by atoms with Gasteiger partial charge in [0.15, 0.2) is 9.91 Å². The van der Waals surface area contributed by atoms with Crippen LogP contribution in [0.3, 0.4) is 0 Å². The minimum atomic E-state index is -4.64. The Morgan fingerprint density at radius 1 is 1.38 bits per heavy atom. The molecule has 21 heavy (non-hydrogen) atoms. The molecule has 3 nitrogen and oxygen atoms in total. The van der Waals surface area contributed by atoms with Crippen molar-refractivity contribution in [3.05, 3.63) is 29.8 Å². The molecule has 1 unspecified atom stereocenters. The molecule has 2 atom stereocenters. The molecule has 2 rings (SSSR count). The van der Waals surface area contributed by atoms with Crippen LogP contribution < -0.4 is 10.8 Å². The van der Waals surface area contributed by atoms with Gasteiger partial charge in [-0.05, 0) is 19.4 Å². The second-order valence-electron chi connectivity index (χ2n) is 4.83. The quantitative estimate of drug-likeness (QED) is 0.850. The number of nitrogens with one attached hydrogen (secondary N) is 1. The molecule has 1 saturated heterocycles. The number of thioether (sulfide) groups is 1. The van der Waals surface area contributed by atoms with Crippen molar-refractivity contribution >= 4 is 36.1 Å². The summed E-state index contributed by atoms with van der Waals surface area (Å²) in [5.41, 5.74) is 1.20. The fraction of sp³-hybridized carbons (Fsp3) is 0.385. The third kappa shape index (κ3) is 2.95. The number of hydrogen-bond donors (Lipinski definition) is 1. The predicted octanol–water partition coefficient (Wildman–Crippen LogP) is 2.08. The summed E-state index contributed by atoms with van der Waals surface area (Å²) in [6.07, 6.45) is -4.64. The Labute approximate surface area is 125 Å².